The van der Waals surface area contributed by atoms with Crippen molar-refractivity contribution < 1.29 is 13.9 Å². The van der Waals surface area contributed by atoms with Gasteiger partial charge in [0.2, 0.25) is 0 Å². The molecule has 130 valence electrons. The van der Waals surface area contributed by atoms with Crippen molar-refractivity contribution in [3.05, 3.63) is 28.5 Å². The van der Waals surface area contributed by atoms with Crippen LogP contribution in [0.25, 0.3) is 0 Å². The highest BCUT2D eigenvalue weighted by Gasteiger charge is 2.19. The normalized spacial score (nSPS) is 12.9. The van der Waals surface area contributed by atoms with Crippen molar-refractivity contribution in [2.45, 2.75) is 40.2 Å². The summed E-state index contributed by atoms with van der Waals surface area (Å²) in [5.74, 6) is 0.259. The SMILES string of the molecule is CC(C)C(CNC(=O)OC(C)(C)C)CNc1ccc(Br)c(F)c1. The van der Waals surface area contributed by atoms with Crippen LogP contribution in [0.4, 0.5) is 14.9 Å². The summed E-state index contributed by atoms with van der Waals surface area (Å²) < 4.78 is 19.2. The fraction of sp³-hybridized carbons (Fsp3) is 0.588. The number of rotatable bonds is 6. The molecule has 0 fully saturated rings. The molecule has 4 nitrogen and oxygen atoms in total. The number of hydrogen-bond acceptors (Lipinski definition) is 3. The van der Waals surface area contributed by atoms with Gasteiger partial charge in [0.1, 0.15) is 11.4 Å². The van der Waals surface area contributed by atoms with Crippen LogP contribution in [0.1, 0.15) is 34.6 Å². The highest BCUT2D eigenvalue weighted by Crippen LogP contribution is 2.20. The zero-order valence-electron chi connectivity index (χ0n) is 14.4. The fourth-order valence-electron chi connectivity index (χ4n) is 1.93. The predicted molar refractivity (Wildman–Crippen MR) is 95.2 cm³/mol. The summed E-state index contributed by atoms with van der Waals surface area (Å²) >= 11 is 3.13. The van der Waals surface area contributed by atoms with Crippen LogP contribution in [-0.2, 0) is 4.74 Å². The van der Waals surface area contributed by atoms with E-state index in [-0.39, 0.29) is 11.7 Å². The van der Waals surface area contributed by atoms with E-state index in [0.717, 1.165) is 0 Å². The molecule has 1 aromatic rings. The van der Waals surface area contributed by atoms with E-state index in [4.69, 9.17) is 4.74 Å². The van der Waals surface area contributed by atoms with Crippen molar-refractivity contribution in [1.29, 1.82) is 0 Å². The maximum absolute atomic E-state index is 13.5. The summed E-state index contributed by atoms with van der Waals surface area (Å²) in [4.78, 5) is 11.7. The molecule has 1 amide bonds. The average molecular weight is 389 g/mol. The van der Waals surface area contributed by atoms with Crippen LogP contribution in [-0.4, -0.2) is 24.8 Å². The fourth-order valence-corrected chi connectivity index (χ4v) is 2.17. The van der Waals surface area contributed by atoms with Gasteiger partial charge in [-0.1, -0.05) is 13.8 Å². The van der Waals surface area contributed by atoms with Gasteiger partial charge in [-0.05, 0) is 66.7 Å². The molecule has 0 radical (unpaired) electrons. The quantitative estimate of drug-likeness (QED) is 0.735. The highest BCUT2D eigenvalue weighted by molar-refractivity contribution is 9.10. The molecule has 1 unspecified atom stereocenters. The molecule has 0 saturated carbocycles. The Morgan fingerprint density at radius 3 is 2.48 bits per heavy atom. The van der Waals surface area contributed by atoms with Crippen molar-refractivity contribution in [1.82, 2.24) is 5.32 Å². The third-order valence-electron chi connectivity index (χ3n) is 3.34. The monoisotopic (exact) mass is 388 g/mol. The summed E-state index contributed by atoms with van der Waals surface area (Å²) in [5, 5.41) is 6.01. The van der Waals surface area contributed by atoms with Crippen LogP contribution < -0.4 is 10.6 Å². The van der Waals surface area contributed by atoms with Crippen molar-refractivity contribution in [3.8, 4) is 0 Å². The van der Waals surface area contributed by atoms with Crippen LogP contribution in [0.15, 0.2) is 22.7 Å². The topological polar surface area (TPSA) is 50.4 Å². The third kappa shape index (κ3) is 7.68. The second-order valence-corrected chi connectivity index (χ2v) is 7.75. The van der Waals surface area contributed by atoms with Crippen molar-refractivity contribution >= 4 is 27.7 Å². The number of carbonyl (C=O) groups excluding carboxylic acids is 1. The Morgan fingerprint density at radius 1 is 1.30 bits per heavy atom. The molecular formula is C17H26BrFN2O2. The molecular weight excluding hydrogens is 363 g/mol. The minimum absolute atomic E-state index is 0.203. The van der Waals surface area contributed by atoms with Gasteiger partial charge in [0.05, 0.1) is 4.47 Å². The molecule has 0 bridgehead atoms. The maximum Gasteiger partial charge on any atom is 0.407 e. The average Bonchev–Trinajstić information content (AvgIpc) is 2.40. The summed E-state index contributed by atoms with van der Waals surface area (Å²) in [6.45, 7) is 10.8. The van der Waals surface area contributed by atoms with Crippen LogP contribution in [0.5, 0.6) is 0 Å². The number of carbonyl (C=O) groups is 1. The third-order valence-corrected chi connectivity index (χ3v) is 3.98. The van der Waals surface area contributed by atoms with E-state index in [2.05, 4.69) is 40.4 Å². The Bertz CT molecular complexity index is 530. The largest absolute Gasteiger partial charge is 0.444 e. The van der Waals surface area contributed by atoms with E-state index >= 15 is 0 Å². The van der Waals surface area contributed by atoms with Crippen LogP contribution >= 0.6 is 15.9 Å². The molecule has 1 atom stereocenters. The molecule has 1 aromatic carbocycles. The van der Waals surface area contributed by atoms with Gasteiger partial charge in [-0.25, -0.2) is 9.18 Å². The molecule has 0 aromatic heterocycles. The number of hydrogen-bond donors (Lipinski definition) is 2. The lowest BCUT2D eigenvalue weighted by Gasteiger charge is -2.24. The first kappa shape index (κ1) is 19.7. The van der Waals surface area contributed by atoms with Crippen molar-refractivity contribution in [3.63, 3.8) is 0 Å². The standard InChI is InChI=1S/C17H26BrFN2O2/c1-11(2)12(10-21-16(22)23-17(3,4)5)9-20-13-6-7-14(18)15(19)8-13/h6-8,11-12,20H,9-10H2,1-5H3,(H,21,22). The smallest absolute Gasteiger partial charge is 0.407 e. The van der Waals surface area contributed by atoms with Gasteiger partial charge in [0.15, 0.2) is 0 Å². The van der Waals surface area contributed by atoms with E-state index < -0.39 is 11.7 Å². The number of halogens is 2. The summed E-state index contributed by atoms with van der Waals surface area (Å²) in [6.07, 6.45) is -0.419. The Kier molecular flexibility index (Phi) is 7.32. The number of ether oxygens (including phenoxy) is 1. The van der Waals surface area contributed by atoms with E-state index in [1.165, 1.54) is 6.07 Å². The minimum atomic E-state index is -0.509. The lowest BCUT2D eigenvalue weighted by molar-refractivity contribution is 0.0516. The van der Waals surface area contributed by atoms with Crippen LogP contribution in [0.2, 0.25) is 0 Å². The Labute approximate surface area is 146 Å². The van der Waals surface area contributed by atoms with E-state index in [9.17, 15) is 9.18 Å². The molecule has 0 saturated heterocycles. The molecule has 0 aliphatic heterocycles. The zero-order chi connectivity index (χ0) is 17.6. The highest BCUT2D eigenvalue weighted by atomic mass is 79.9. The number of benzene rings is 1. The number of alkyl carbamates (subject to hydrolysis) is 1. The maximum atomic E-state index is 13.5. The van der Waals surface area contributed by atoms with Gasteiger partial charge in [-0.15, -0.1) is 0 Å². The van der Waals surface area contributed by atoms with Gasteiger partial charge < -0.3 is 15.4 Å². The van der Waals surface area contributed by atoms with Crippen LogP contribution in [0, 0.1) is 17.7 Å². The Balaban J connectivity index is 2.52. The van der Waals surface area contributed by atoms with Gasteiger partial charge in [0.25, 0.3) is 0 Å². The molecule has 0 spiro atoms. The Hall–Kier alpha value is -1.30. The van der Waals surface area contributed by atoms with E-state index in [1.807, 2.05) is 26.8 Å². The van der Waals surface area contributed by atoms with E-state index in [0.29, 0.717) is 29.2 Å². The molecule has 23 heavy (non-hydrogen) atoms. The molecule has 0 aliphatic carbocycles. The summed E-state index contributed by atoms with van der Waals surface area (Å²) in [5.41, 5.74) is 0.207. The lowest BCUT2D eigenvalue weighted by atomic mass is 9.95. The summed E-state index contributed by atoms with van der Waals surface area (Å²) in [6, 6.07) is 4.93. The van der Waals surface area contributed by atoms with Gasteiger partial charge in [-0.2, -0.15) is 0 Å². The molecule has 0 heterocycles. The summed E-state index contributed by atoms with van der Waals surface area (Å²) in [7, 11) is 0. The molecule has 2 N–H and O–H groups in total. The molecule has 1 rings (SSSR count). The minimum Gasteiger partial charge on any atom is -0.444 e. The number of amides is 1. The van der Waals surface area contributed by atoms with Crippen molar-refractivity contribution in [2.75, 3.05) is 18.4 Å². The Morgan fingerprint density at radius 2 is 1.96 bits per heavy atom. The first-order valence-electron chi connectivity index (χ1n) is 7.74. The molecule has 6 heteroatoms. The first-order valence-corrected chi connectivity index (χ1v) is 8.53. The lowest BCUT2D eigenvalue weighted by Crippen LogP contribution is -2.38. The van der Waals surface area contributed by atoms with Gasteiger partial charge in [-0.3, -0.25) is 0 Å². The van der Waals surface area contributed by atoms with Gasteiger partial charge >= 0.3 is 6.09 Å². The van der Waals surface area contributed by atoms with Gasteiger partial charge in [0, 0.05) is 18.8 Å². The van der Waals surface area contributed by atoms with E-state index in [1.54, 1.807) is 6.07 Å². The second kappa shape index (κ2) is 8.52. The number of anilines is 1. The molecule has 0 aliphatic rings. The van der Waals surface area contributed by atoms with Crippen molar-refractivity contribution in [2.24, 2.45) is 11.8 Å². The first-order chi connectivity index (χ1) is 10.6. The van der Waals surface area contributed by atoms with Crippen LogP contribution in [0.3, 0.4) is 0 Å². The number of nitrogens with one attached hydrogen (secondary N) is 2. The zero-order valence-corrected chi connectivity index (χ0v) is 16.0. The second-order valence-electron chi connectivity index (χ2n) is 6.90. The predicted octanol–water partition coefficient (Wildman–Crippen LogP) is 4.80.